The van der Waals surface area contributed by atoms with Crippen molar-refractivity contribution in [3.05, 3.63) is 42.0 Å². The summed E-state index contributed by atoms with van der Waals surface area (Å²) in [6, 6.07) is 5.80. The molecule has 0 aliphatic carbocycles. The van der Waals surface area contributed by atoms with Crippen LogP contribution in [0.4, 0.5) is 5.69 Å². The summed E-state index contributed by atoms with van der Waals surface area (Å²) < 4.78 is 0. The third-order valence-corrected chi connectivity index (χ3v) is 2.78. The van der Waals surface area contributed by atoms with E-state index in [1.807, 2.05) is 32.0 Å². The smallest absolute Gasteiger partial charge is 0.317 e. The Morgan fingerprint density at radius 2 is 2.05 bits per heavy atom. The molecule has 0 saturated carbocycles. The number of nitrogens with zero attached hydrogens (tertiary/aromatic N) is 1. The lowest BCUT2D eigenvalue weighted by Crippen LogP contribution is -2.37. The number of hydrogen-bond donors (Lipinski definition) is 2. The number of aryl methyl sites for hydroxylation is 2. The SMILES string of the molecule is C=CCN(CC(=O)O)CC(=O)Nc1cc(C)ccc1C. The van der Waals surface area contributed by atoms with Crippen LogP contribution >= 0.6 is 0 Å². The number of carbonyl (C=O) groups excluding carboxylic acids is 1. The van der Waals surface area contributed by atoms with Crippen molar-refractivity contribution in [2.75, 3.05) is 25.0 Å². The highest BCUT2D eigenvalue weighted by atomic mass is 16.4. The molecule has 108 valence electrons. The van der Waals surface area contributed by atoms with E-state index in [1.165, 1.54) is 4.90 Å². The molecular weight excluding hydrogens is 256 g/mol. The average Bonchev–Trinajstić information content (AvgIpc) is 2.33. The Balaban J connectivity index is 2.67. The molecule has 5 heteroatoms. The van der Waals surface area contributed by atoms with E-state index in [-0.39, 0.29) is 19.0 Å². The molecule has 0 aromatic heterocycles. The summed E-state index contributed by atoms with van der Waals surface area (Å²) in [5.74, 6) is -1.20. The number of aliphatic carboxylic acids is 1. The second-order valence-electron chi connectivity index (χ2n) is 4.72. The number of rotatable bonds is 7. The summed E-state index contributed by atoms with van der Waals surface area (Å²) in [5, 5.41) is 11.6. The summed E-state index contributed by atoms with van der Waals surface area (Å²) in [5.41, 5.74) is 2.78. The van der Waals surface area contributed by atoms with E-state index >= 15 is 0 Å². The first-order chi connectivity index (χ1) is 9.42. The molecule has 0 spiro atoms. The second-order valence-corrected chi connectivity index (χ2v) is 4.72. The molecule has 20 heavy (non-hydrogen) atoms. The Kier molecular flexibility index (Phi) is 5.93. The second kappa shape index (κ2) is 7.45. The van der Waals surface area contributed by atoms with Gasteiger partial charge in [-0.1, -0.05) is 18.2 Å². The minimum atomic E-state index is -0.966. The monoisotopic (exact) mass is 276 g/mol. The van der Waals surface area contributed by atoms with Crippen molar-refractivity contribution in [2.24, 2.45) is 0 Å². The van der Waals surface area contributed by atoms with Gasteiger partial charge >= 0.3 is 5.97 Å². The van der Waals surface area contributed by atoms with E-state index in [2.05, 4.69) is 11.9 Å². The van der Waals surface area contributed by atoms with Gasteiger partial charge in [-0.3, -0.25) is 14.5 Å². The molecule has 0 fully saturated rings. The van der Waals surface area contributed by atoms with Crippen molar-refractivity contribution in [2.45, 2.75) is 13.8 Å². The molecule has 2 N–H and O–H groups in total. The van der Waals surface area contributed by atoms with Crippen molar-refractivity contribution in [3.63, 3.8) is 0 Å². The minimum Gasteiger partial charge on any atom is -0.480 e. The van der Waals surface area contributed by atoms with Crippen LogP contribution in [0.15, 0.2) is 30.9 Å². The first-order valence-corrected chi connectivity index (χ1v) is 6.34. The standard InChI is InChI=1S/C15H20N2O3/c1-4-7-17(10-15(19)20)9-14(18)16-13-8-11(2)5-6-12(13)3/h4-6,8H,1,7,9-10H2,2-3H3,(H,16,18)(H,19,20). The van der Waals surface area contributed by atoms with Crippen molar-refractivity contribution in [1.82, 2.24) is 4.90 Å². The van der Waals surface area contributed by atoms with Crippen LogP contribution in [-0.4, -0.2) is 41.5 Å². The highest BCUT2D eigenvalue weighted by molar-refractivity contribution is 5.93. The molecule has 0 aliphatic rings. The fraction of sp³-hybridized carbons (Fsp3) is 0.333. The molecule has 1 aromatic carbocycles. The average molecular weight is 276 g/mol. The predicted octanol–water partition coefficient (Wildman–Crippen LogP) is 1.81. The molecule has 0 bridgehead atoms. The molecule has 5 nitrogen and oxygen atoms in total. The van der Waals surface area contributed by atoms with Gasteiger partial charge in [-0.2, -0.15) is 0 Å². The van der Waals surface area contributed by atoms with Gasteiger partial charge < -0.3 is 10.4 Å². The Hall–Kier alpha value is -2.14. The normalized spacial score (nSPS) is 10.3. The van der Waals surface area contributed by atoms with Crippen LogP contribution in [-0.2, 0) is 9.59 Å². The number of nitrogens with one attached hydrogen (secondary N) is 1. The number of anilines is 1. The van der Waals surface area contributed by atoms with Crippen LogP contribution in [0.3, 0.4) is 0 Å². The zero-order valence-electron chi connectivity index (χ0n) is 11.8. The van der Waals surface area contributed by atoms with Gasteiger partial charge in [-0.05, 0) is 31.0 Å². The molecule has 1 rings (SSSR count). The Morgan fingerprint density at radius 1 is 1.35 bits per heavy atom. The maximum absolute atomic E-state index is 12.0. The first kappa shape index (κ1) is 15.9. The maximum atomic E-state index is 12.0. The van der Waals surface area contributed by atoms with E-state index in [1.54, 1.807) is 6.08 Å². The van der Waals surface area contributed by atoms with Crippen molar-refractivity contribution < 1.29 is 14.7 Å². The lowest BCUT2D eigenvalue weighted by Gasteiger charge is -2.18. The van der Waals surface area contributed by atoms with Crippen LogP contribution in [0.1, 0.15) is 11.1 Å². The zero-order chi connectivity index (χ0) is 15.1. The largest absolute Gasteiger partial charge is 0.480 e. The van der Waals surface area contributed by atoms with Crippen LogP contribution < -0.4 is 5.32 Å². The van der Waals surface area contributed by atoms with E-state index in [0.717, 1.165) is 16.8 Å². The molecule has 0 heterocycles. The first-order valence-electron chi connectivity index (χ1n) is 6.34. The number of hydrogen-bond acceptors (Lipinski definition) is 3. The van der Waals surface area contributed by atoms with Gasteiger partial charge in [0, 0.05) is 12.2 Å². The summed E-state index contributed by atoms with van der Waals surface area (Å²) >= 11 is 0. The number of carbonyl (C=O) groups is 2. The molecule has 1 amide bonds. The molecule has 0 aliphatic heterocycles. The molecule has 0 saturated heterocycles. The summed E-state index contributed by atoms with van der Waals surface area (Å²) in [7, 11) is 0. The minimum absolute atomic E-state index is 0.0195. The fourth-order valence-electron chi connectivity index (χ4n) is 1.82. The van der Waals surface area contributed by atoms with Gasteiger partial charge in [-0.15, -0.1) is 6.58 Å². The zero-order valence-corrected chi connectivity index (χ0v) is 11.8. The van der Waals surface area contributed by atoms with E-state index in [0.29, 0.717) is 6.54 Å². The Bertz CT molecular complexity index is 512. The maximum Gasteiger partial charge on any atom is 0.317 e. The van der Waals surface area contributed by atoms with Crippen molar-refractivity contribution in [3.8, 4) is 0 Å². The van der Waals surface area contributed by atoms with Crippen LogP contribution in [0.5, 0.6) is 0 Å². The van der Waals surface area contributed by atoms with Crippen molar-refractivity contribution in [1.29, 1.82) is 0 Å². The third-order valence-electron chi connectivity index (χ3n) is 2.78. The number of amides is 1. The molecule has 0 atom stereocenters. The topological polar surface area (TPSA) is 69.6 Å². The van der Waals surface area contributed by atoms with Crippen molar-refractivity contribution >= 4 is 17.6 Å². The molecular formula is C15H20N2O3. The van der Waals surface area contributed by atoms with Gasteiger partial charge in [-0.25, -0.2) is 0 Å². The lowest BCUT2D eigenvalue weighted by atomic mass is 10.1. The molecule has 0 unspecified atom stereocenters. The molecule has 1 aromatic rings. The summed E-state index contributed by atoms with van der Waals surface area (Å²) in [6.45, 7) is 7.60. The van der Waals surface area contributed by atoms with Crippen LogP contribution in [0, 0.1) is 13.8 Å². The fourth-order valence-corrected chi connectivity index (χ4v) is 1.82. The van der Waals surface area contributed by atoms with E-state index < -0.39 is 5.97 Å². The van der Waals surface area contributed by atoms with Gasteiger partial charge in [0.15, 0.2) is 0 Å². The summed E-state index contributed by atoms with van der Waals surface area (Å²) in [6.07, 6.45) is 1.58. The number of carboxylic acid groups (broad SMARTS) is 1. The quantitative estimate of drug-likeness (QED) is 0.745. The highest BCUT2D eigenvalue weighted by Crippen LogP contribution is 2.16. The van der Waals surface area contributed by atoms with Crippen LogP contribution in [0.25, 0.3) is 0 Å². The van der Waals surface area contributed by atoms with Gasteiger partial charge in [0.05, 0.1) is 13.1 Å². The van der Waals surface area contributed by atoms with Gasteiger partial charge in [0.25, 0.3) is 0 Å². The van der Waals surface area contributed by atoms with E-state index in [9.17, 15) is 9.59 Å². The van der Waals surface area contributed by atoms with E-state index in [4.69, 9.17) is 5.11 Å². The molecule has 0 radical (unpaired) electrons. The Morgan fingerprint density at radius 3 is 2.65 bits per heavy atom. The number of carboxylic acids is 1. The van der Waals surface area contributed by atoms with Gasteiger partial charge in [0.1, 0.15) is 0 Å². The number of benzene rings is 1. The summed E-state index contributed by atoms with van der Waals surface area (Å²) in [4.78, 5) is 24.2. The highest BCUT2D eigenvalue weighted by Gasteiger charge is 2.13. The van der Waals surface area contributed by atoms with Crippen LogP contribution in [0.2, 0.25) is 0 Å². The third kappa shape index (κ3) is 5.24. The lowest BCUT2D eigenvalue weighted by molar-refractivity contribution is -0.138. The van der Waals surface area contributed by atoms with Gasteiger partial charge in [0.2, 0.25) is 5.91 Å². The predicted molar refractivity (Wildman–Crippen MR) is 78.8 cm³/mol. The Labute approximate surface area is 118 Å².